The van der Waals surface area contributed by atoms with Crippen molar-refractivity contribution in [1.82, 2.24) is 0 Å². The molecular formula is C15H16FNS. The fraction of sp³-hybridized carbons (Fsp3) is 0.200. The Kier molecular flexibility index (Phi) is 3.92. The van der Waals surface area contributed by atoms with E-state index in [9.17, 15) is 4.39 Å². The first-order valence-electron chi connectivity index (χ1n) is 5.81. The maximum absolute atomic E-state index is 13.2. The zero-order chi connectivity index (χ0) is 13.1. The van der Waals surface area contributed by atoms with E-state index in [1.165, 1.54) is 6.07 Å². The Bertz CT molecular complexity index is 564. The predicted octanol–water partition coefficient (Wildman–Crippen LogP) is 4.32. The Labute approximate surface area is 111 Å². The molecule has 2 aromatic rings. The molecule has 0 saturated carbocycles. The second-order valence-electron chi connectivity index (χ2n) is 4.35. The van der Waals surface area contributed by atoms with Crippen LogP contribution in [0.5, 0.6) is 0 Å². The van der Waals surface area contributed by atoms with Gasteiger partial charge in [-0.1, -0.05) is 18.2 Å². The number of thioether (sulfide) groups is 1. The van der Waals surface area contributed by atoms with Crippen molar-refractivity contribution in [2.45, 2.75) is 24.5 Å². The first-order chi connectivity index (χ1) is 8.58. The van der Waals surface area contributed by atoms with Gasteiger partial charge in [-0.2, -0.15) is 0 Å². The van der Waals surface area contributed by atoms with Crippen LogP contribution in [-0.2, 0) is 5.75 Å². The van der Waals surface area contributed by atoms with Gasteiger partial charge in [-0.25, -0.2) is 4.39 Å². The zero-order valence-corrected chi connectivity index (χ0v) is 11.4. The van der Waals surface area contributed by atoms with Crippen molar-refractivity contribution >= 4 is 17.4 Å². The highest BCUT2D eigenvalue weighted by Crippen LogP contribution is 2.30. The average molecular weight is 261 g/mol. The number of para-hydroxylation sites is 1. The normalized spacial score (nSPS) is 10.6. The number of nitrogen functional groups attached to an aromatic ring is 1. The lowest BCUT2D eigenvalue weighted by Crippen LogP contribution is -1.93. The Morgan fingerprint density at radius 1 is 1.11 bits per heavy atom. The summed E-state index contributed by atoms with van der Waals surface area (Å²) in [7, 11) is 0. The topological polar surface area (TPSA) is 26.0 Å². The van der Waals surface area contributed by atoms with Crippen LogP contribution in [0.15, 0.2) is 41.3 Å². The minimum absolute atomic E-state index is 0.187. The van der Waals surface area contributed by atoms with E-state index in [0.717, 1.165) is 33.0 Å². The van der Waals surface area contributed by atoms with E-state index in [2.05, 4.69) is 0 Å². The molecule has 2 rings (SSSR count). The van der Waals surface area contributed by atoms with Crippen LogP contribution in [0.4, 0.5) is 10.1 Å². The molecule has 18 heavy (non-hydrogen) atoms. The van der Waals surface area contributed by atoms with E-state index in [1.807, 2.05) is 38.1 Å². The second-order valence-corrected chi connectivity index (χ2v) is 5.36. The number of anilines is 1. The van der Waals surface area contributed by atoms with Crippen LogP contribution in [0, 0.1) is 19.7 Å². The lowest BCUT2D eigenvalue weighted by Gasteiger charge is -2.09. The van der Waals surface area contributed by atoms with Gasteiger partial charge in [0.15, 0.2) is 0 Å². The summed E-state index contributed by atoms with van der Waals surface area (Å²) in [5.41, 5.74) is 10.0. The van der Waals surface area contributed by atoms with Gasteiger partial charge in [-0.3, -0.25) is 0 Å². The number of benzene rings is 2. The SMILES string of the molecule is Cc1ccc(F)cc1CSc1cccc(C)c1N. The third-order valence-corrected chi connectivity index (χ3v) is 4.10. The number of rotatable bonds is 3. The third-order valence-electron chi connectivity index (χ3n) is 2.98. The summed E-state index contributed by atoms with van der Waals surface area (Å²) in [5.74, 6) is 0.547. The third kappa shape index (κ3) is 2.85. The van der Waals surface area contributed by atoms with Crippen molar-refractivity contribution in [3.05, 3.63) is 58.9 Å². The molecule has 0 spiro atoms. The van der Waals surface area contributed by atoms with Crippen LogP contribution < -0.4 is 5.73 Å². The molecule has 2 aromatic carbocycles. The van der Waals surface area contributed by atoms with Gasteiger partial charge in [0.2, 0.25) is 0 Å². The van der Waals surface area contributed by atoms with E-state index < -0.39 is 0 Å². The van der Waals surface area contributed by atoms with Crippen molar-refractivity contribution in [1.29, 1.82) is 0 Å². The molecule has 0 unspecified atom stereocenters. The van der Waals surface area contributed by atoms with E-state index in [1.54, 1.807) is 17.8 Å². The first-order valence-corrected chi connectivity index (χ1v) is 6.79. The van der Waals surface area contributed by atoms with Crippen LogP contribution in [0.3, 0.4) is 0 Å². The highest BCUT2D eigenvalue weighted by atomic mass is 32.2. The fourth-order valence-corrected chi connectivity index (χ4v) is 2.84. The van der Waals surface area contributed by atoms with Gasteiger partial charge < -0.3 is 5.73 Å². The molecule has 0 amide bonds. The molecule has 0 atom stereocenters. The minimum atomic E-state index is -0.187. The Hall–Kier alpha value is -1.48. The molecule has 94 valence electrons. The molecule has 3 heteroatoms. The van der Waals surface area contributed by atoms with Crippen LogP contribution in [0.2, 0.25) is 0 Å². The van der Waals surface area contributed by atoms with Crippen LogP contribution >= 0.6 is 11.8 Å². The molecule has 0 radical (unpaired) electrons. The van der Waals surface area contributed by atoms with Gasteiger partial charge in [0.25, 0.3) is 0 Å². The Morgan fingerprint density at radius 2 is 1.89 bits per heavy atom. The van der Waals surface area contributed by atoms with Crippen LogP contribution in [0.1, 0.15) is 16.7 Å². The maximum Gasteiger partial charge on any atom is 0.123 e. The van der Waals surface area contributed by atoms with Crippen molar-refractivity contribution in [2.75, 3.05) is 5.73 Å². The number of aryl methyl sites for hydroxylation is 2. The molecule has 0 aliphatic heterocycles. The standard InChI is InChI=1S/C15H16FNS/c1-10-6-7-13(16)8-12(10)9-18-14-5-3-4-11(2)15(14)17/h3-8H,9,17H2,1-2H3. The number of halogens is 1. The van der Waals surface area contributed by atoms with Crippen LogP contribution in [-0.4, -0.2) is 0 Å². The summed E-state index contributed by atoms with van der Waals surface area (Å²) in [5, 5.41) is 0. The molecular weight excluding hydrogens is 245 g/mol. The van der Waals surface area contributed by atoms with Gasteiger partial charge in [-0.15, -0.1) is 11.8 Å². The molecule has 0 aliphatic carbocycles. The summed E-state index contributed by atoms with van der Waals surface area (Å²) < 4.78 is 13.2. The number of nitrogens with two attached hydrogens (primary N) is 1. The Morgan fingerprint density at radius 3 is 2.67 bits per heavy atom. The van der Waals surface area contributed by atoms with E-state index in [-0.39, 0.29) is 5.82 Å². The van der Waals surface area contributed by atoms with Crippen molar-refractivity contribution < 1.29 is 4.39 Å². The Balaban J connectivity index is 2.16. The molecule has 0 fully saturated rings. The molecule has 0 aromatic heterocycles. The van der Waals surface area contributed by atoms with E-state index >= 15 is 0 Å². The summed E-state index contributed by atoms with van der Waals surface area (Å²) in [6.07, 6.45) is 0. The summed E-state index contributed by atoms with van der Waals surface area (Å²) >= 11 is 1.65. The molecule has 0 bridgehead atoms. The second kappa shape index (κ2) is 5.44. The van der Waals surface area contributed by atoms with Gasteiger partial charge in [0.1, 0.15) is 5.82 Å². The monoisotopic (exact) mass is 261 g/mol. The van der Waals surface area contributed by atoms with Crippen LogP contribution in [0.25, 0.3) is 0 Å². The van der Waals surface area contributed by atoms with Gasteiger partial charge in [0.05, 0.1) is 0 Å². The lowest BCUT2D eigenvalue weighted by molar-refractivity contribution is 0.626. The lowest BCUT2D eigenvalue weighted by atomic mass is 10.1. The predicted molar refractivity (Wildman–Crippen MR) is 76.3 cm³/mol. The number of hydrogen-bond donors (Lipinski definition) is 1. The van der Waals surface area contributed by atoms with Gasteiger partial charge in [0, 0.05) is 16.3 Å². The average Bonchev–Trinajstić information content (AvgIpc) is 2.35. The summed E-state index contributed by atoms with van der Waals surface area (Å²) in [6.45, 7) is 3.99. The molecule has 2 N–H and O–H groups in total. The van der Waals surface area contributed by atoms with Crippen molar-refractivity contribution in [2.24, 2.45) is 0 Å². The van der Waals surface area contributed by atoms with Gasteiger partial charge in [-0.05, 0) is 48.7 Å². The first kappa shape index (κ1) is 13.0. The highest BCUT2D eigenvalue weighted by Gasteiger charge is 2.05. The smallest absolute Gasteiger partial charge is 0.123 e. The summed E-state index contributed by atoms with van der Waals surface area (Å²) in [6, 6.07) is 10.9. The highest BCUT2D eigenvalue weighted by molar-refractivity contribution is 7.98. The van der Waals surface area contributed by atoms with Crippen molar-refractivity contribution in [3.63, 3.8) is 0 Å². The molecule has 0 aliphatic rings. The number of hydrogen-bond acceptors (Lipinski definition) is 2. The largest absolute Gasteiger partial charge is 0.398 e. The van der Waals surface area contributed by atoms with Crippen molar-refractivity contribution in [3.8, 4) is 0 Å². The van der Waals surface area contributed by atoms with Gasteiger partial charge >= 0.3 is 0 Å². The van der Waals surface area contributed by atoms with E-state index in [0.29, 0.717) is 0 Å². The van der Waals surface area contributed by atoms with E-state index in [4.69, 9.17) is 5.73 Å². The fourth-order valence-electron chi connectivity index (χ4n) is 1.73. The quantitative estimate of drug-likeness (QED) is 0.658. The molecule has 1 nitrogen and oxygen atoms in total. The summed E-state index contributed by atoms with van der Waals surface area (Å²) in [4.78, 5) is 1.05. The maximum atomic E-state index is 13.2. The molecule has 0 heterocycles. The zero-order valence-electron chi connectivity index (χ0n) is 10.5. The molecule has 0 saturated heterocycles. The minimum Gasteiger partial charge on any atom is -0.398 e.